The minimum absolute atomic E-state index is 0.405. The van der Waals surface area contributed by atoms with E-state index in [9.17, 15) is 0 Å². The molecule has 0 amide bonds. The number of nitrogens with one attached hydrogen (secondary N) is 1. The predicted molar refractivity (Wildman–Crippen MR) is 68.5 cm³/mol. The highest BCUT2D eigenvalue weighted by molar-refractivity contribution is 7.80. The average molecular weight is 241 g/mol. The van der Waals surface area contributed by atoms with Gasteiger partial charge in [-0.2, -0.15) is 0 Å². The van der Waals surface area contributed by atoms with Gasteiger partial charge in [0.05, 0.1) is 0 Å². The monoisotopic (exact) mass is 240 g/mol. The lowest BCUT2D eigenvalue weighted by atomic mass is 10.1. The van der Waals surface area contributed by atoms with Crippen molar-refractivity contribution >= 4 is 34.5 Å². The molecule has 0 aromatic heterocycles. The van der Waals surface area contributed by atoms with Gasteiger partial charge in [0.1, 0.15) is 4.99 Å². The highest BCUT2D eigenvalue weighted by Gasteiger charge is 2.32. The van der Waals surface area contributed by atoms with Gasteiger partial charge in [0.25, 0.3) is 0 Å². The highest BCUT2D eigenvalue weighted by Crippen LogP contribution is 2.34. The molecule has 1 saturated carbocycles. The zero-order valence-electron chi connectivity index (χ0n) is 8.46. The number of hydrogen-bond donors (Lipinski definition) is 2. The van der Waals surface area contributed by atoms with Gasteiger partial charge in [-0.1, -0.05) is 30.7 Å². The third-order valence-electron chi connectivity index (χ3n) is 2.70. The average Bonchev–Trinajstić information content (AvgIpc) is 2.81. The Labute approximate surface area is 99.8 Å². The minimum atomic E-state index is 0.405. The number of benzene rings is 1. The van der Waals surface area contributed by atoms with E-state index in [4.69, 9.17) is 29.6 Å². The third kappa shape index (κ3) is 2.41. The van der Waals surface area contributed by atoms with Gasteiger partial charge in [-0.05, 0) is 30.5 Å². The second-order valence-electron chi connectivity index (χ2n) is 4.02. The van der Waals surface area contributed by atoms with Crippen LogP contribution in [-0.2, 0) is 0 Å². The van der Waals surface area contributed by atoms with E-state index in [1.165, 1.54) is 6.42 Å². The number of hydrogen-bond acceptors (Lipinski definition) is 2. The molecule has 15 heavy (non-hydrogen) atoms. The summed E-state index contributed by atoms with van der Waals surface area (Å²) in [5.74, 6) is 0.725. The van der Waals surface area contributed by atoms with Crippen LogP contribution in [0.5, 0.6) is 0 Å². The van der Waals surface area contributed by atoms with Gasteiger partial charge >= 0.3 is 0 Å². The number of nitrogens with two attached hydrogens (primary N) is 1. The van der Waals surface area contributed by atoms with Crippen LogP contribution in [0.2, 0.25) is 5.02 Å². The van der Waals surface area contributed by atoms with Crippen LogP contribution in [0.4, 0.5) is 5.69 Å². The minimum Gasteiger partial charge on any atom is -0.389 e. The smallest absolute Gasteiger partial charge is 0.106 e. The van der Waals surface area contributed by atoms with Gasteiger partial charge < -0.3 is 11.1 Å². The van der Waals surface area contributed by atoms with E-state index in [0.29, 0.717) is 16.1 Å². The number of thiocarbonyl (C=S) groups is 1. The van der Waals surface area contributed by atoms with Crippen molar-refractivity contribution in [3.05, 3.63) is 28.8 Å². The molecule has 3 N–H and O–H groups in total. The normalized spacial score (nSPS) is 23.6. The van der Waals surface area contributed by atoms with Gasteiger partial charge in [-0.15, -0.1) is 0 Å². The fourth-order valence-corrected chi connectivity index (χ4v) is 1.92. The van der Waals surface area contributed by atoms with E-state index in [2.05, 4.69) is 12.2 Å². The summed E-state index contributed by atoms with van der Waals surface area (Å²) in [7, 11) is 0. The summed E-state index contributed by atoms with van der Waals surface area (Å²) in [5.41, 5.74) is 7.46. The van der Waals surface area contributed by atoms with Crippen LogP contribution in [0.1, 0.15) is 18.9 Å². The van der Waals surface area contributed by atoms with E-state index in [1.807, 2.05) is 12.1 Å². The van der Waals surface area contributed by atoms with E-state index in [1.54, 1.807) is 6.07 Å². The van der Waals surface area contributed by atoms with Crippen LogP contribution in [-0.4, -0.2) is 11.0 Å². The number of anilines is 1. The van der Waals surface area contributed by atoms with Crippen LogP contribution in [0.3, 0.4) is 0 Å². The summed E-state index contributed by atoms with van der Waals surface area (Å²) >= 11 is 10.9. The van der Waals surface area contributed by atoms with Crippen molar-refractivity contribution in [1.82, 2.24) is 0 Å². The predicted octanol–water partition coefficient (Wildman–Crippen LogP) is 2.79. The second kappa shape index (κ2) is 3.99. The first-order chi connectivity index (χ1) is 7.08. The largest absolute Gasteiger partial charge is 0.389 e. The lowest BCUT2D eigenvalue weighted by Gasteiger charge is -2.11. The van der Waals surface area contributed by atoms with Gasteiger partial charge in [-0.25, -0.2) is 0 Å². The summed E-state index contributed by atoms with van der Waals surface area (Å²) in [5, 5.41) is 4.10. The fraction of sp³-hybridized carbons (Fsp3) is 0.364. The lowest BCUT2D eigenvalue weighted by Crippen LogP contribution is -2.14. The number of rotatable bonds is 3. The Kier molecular flexibility index (Phi) is 2.85. The van der Waals surface area contributed by atoms with Crippen molar-refractivity contribution in [2.45, 2.75) is 19.4 Å². The van der Waals surface area contributed by atoms with Crippen LogP contribution in [0.25, 0.3) is 0 Å². The second-order valence-corrected chi connectivity index (χ2v) is 4.89. The molecule has 0 heterocycles. The maximum Gasteiger partial charge on any atom is 0.106 e. The van der Waals surface area contributed by atoms with Crippen LogP contribution >= 0.6 is 23.8 Å². The van der Waals surface area contributed by atoms with Crippen molar-refractivity contribution < 1.29 is 0 Å². The molecule has 2 atom stereocenters. The van der Waals surface area contributed by atoms with E-state index in [0.717, 1.165) is 17.2 Å². The molecule has 2 nitrogen and oxygen atoms in total. The molecule has 1 aromatic carbocycles. The van der Waals surface area contributed by atoms with E-state index < -0.39 is 0 Å². The van der Waals surface area contributed by atoms with Crippen molar-refractivity contribution in [2.24, 2.45) is 11.7 Å². The SMILES string of the molecule is CC1CC1Nc1cc(Cl)ccc1C(N)=S. The molecule has 0 saturated heterocycles. The Morgan fingerprint density at radius 1 is 1.60 bits per heavy atom. The number of halogens is 1. The topological polar surface area (TPSA) is 38.0 Å². The van der Waals surface area contributed by atoms with Crippen molar-refractivity contribution in [3.8, 4) is 0 Å². The zero-order valence-corrected chi connectivity index (χ0v) is 10.0. The Morgan fingerprint density at radius 2 is 2.27 bits per heavy atom. The lowest BCUT2D eigenvalue weighted by molar-refractivity contribution is 0.929. The highest BCUT2D eigenvalue weighted by atomic mass is 35.5. The summed E-state index contributed by atoms with van der Waals surface area (Å²) in [6.07, 6.45) is 1.20. The summed E-state index contributed by atoms with van der Waals surface area (Å²) < 4.78 is 0. The quantitative estimate of drug-likeness (QED) is 0.798. The molecule has 4 heteroatoms. The first-order valence-corrected chi connectivity index (χ1v) is 5.72. The van der Waals surface area contributed by atoms with Gasteiger partial charge in [0.2, 0.25) is 0 Å². The molecular weight excluding hydrogens is 228 g/mol. The first-order valence-electron chi connectivity index (χ1n) is 4.94. The molecule has 0 radical (unpaired) electrons. The fourth-order valence-electron chi connectivity index (χ4n) is 1.57. The van der Waals surface area contributed by atoms with Gasteiger partial charge in [0, 0.05) is 22.3 Å². The molecule has 80 valence electrons. The molecule has 2 unspecified atom stereocenters. The Balaban J connectivity index is 2.26. The molecule has 0 aliphatic heterocycles. The van der Waals surface area contributed by atoms with E-state index >= 15 is 0 Å². The molecule has 1 aliphatic rings. The summed E-state index contributed by atoms with van der Waals surface area (Å²) in [6, 6.07) is 6.08. The Morgan fingerprint density at radius 3 is 2.80 bits per heavy atom. The molecule has 0 bridgehead atoms. The van der Waals surface area contributed by atoms with E-state index in [-0.39, 0.29) is 0 Å². The summed E-state index contributed by atoms with van der Waals surface area (Å²) in [6.45, 7) is 2.21. The molecular formula is C11H13ClN2S. The Bertz CT molecular complexity index is 406. The van der Waals surface area contributed by atoms with Crippen molar-refractivity contribution in [2.75, 3.05) is 5.32 Å². The van der Waals surface area contributed by atoms with Crippen LogP contribution < -0.4 is 11.1 Å². The Hall–Kier alpha value is -0.800. The molecule has 1 fully saturated rings. The first kappa shape index (κ1) is 10.7. The molecule has 1 aliphatic carbocycles. The van der Waals surface area contributed by atoms with Crippen molar-refractivity contribution in [1.29, 1.82) is 0 Å². The maximum absolute atomic E-state index is 5.94. The summed E-state index contributed by atoms with van der Waals surface area (Å²) in [4.78, 5) is 0.405. The standard InChI is InChI=1S/C11H13ClN2S/c1-6-4-9(6)14-10-5-7(12)2-3-8(10)11(13)15/h2-3,5-6,9,14H,4H2,1H3,(H2,13,15). The van der Waals surface area contributed by atoms with Gasteiger partial charge in [-0.3, -0.25) is 0 Å². The molecule has 2 rings (SSSR count). The van der Waals surface area contributed by atoms with Crippen molar-refractivity contribution in [3.63, 3.8) is 0 Å². The molecule has 0 spiro atoms. The molecule has 1 aromatic rings. The van der Waals surface area contributed by atoms with Crippen LogP contribution in [0, 0.1) is 5.92 Å². The zero-order chi connectivity index (χ0) is 11.0. The third-order valence-corrected chi connectivity index (χ3v) is 3.15. The maximum atomic E-state index is 5.94. The van der Waals surface area contributed by atoms with Crippen LogP contribution in [0.15, 0.2) is 18.2 Å². The van der Waals surface area contributed by atoms with Gasteiger partial charge in [0.15, 0.2) is 0 Å².